The van der Waals surface area contributed by atoms with Gasteiger partial charge < -0.3 is 29.4 Å². The molecule has 0 amide bonds. The summed E-state index contributed by atoms with van der Waals surface area (Å²) in [7, 11) is 1.60. The minimum absolute atomic E-state index is 0.196. The number of methoxy groups -OCH3 is 1. The van der Waals surface area contributed by atoms with Crippen molar-refractivity contribution in [3.05, 3.63) is 22.2 Å². The van der Waals surface area contributed by atoms with Gasteiger partial charge in [-0.25, -0.2) is 4.79 Å². The van der Waals surface area contributed by atoms with Crippen LogP contribution in [0.15, 0.2) is 11.0 Å². The molecule has 0 spiro atoms. The van der Waals surface area contributed by atoms with Crippen molar-refractivity contribution in [2.75, 3.05) is 32.7 Å². The second-order valence-electron chi connectivity index (χ2n) is 9.51. The summed E-state index contributed by atoms with van der Waals surface area (Å²) in [5, 5.41) is 0. The average Bonchev–Trinajstić information content (AvgIpc) is 2.92. The molecule has 30 heavy (non-hydrogen) atoms. The SMILES string of the molecule is COCCO[C@H]1C(OC(C)(C)C)[C@@H](COC(C)(C)C)O[C@H]1n1cc(C)c(N)nc1=O. The van der Waals surface area contributed by atoms with Gasteiger partial charge in [0, 0.05) is 18.9 Å². The highest BCUT2D eigenvalue weighted by Gasteiger charge is 2.49. The van der Waals surface area contributed by atoms with E-state index in [0.717, 1.165) is 0 Å². The van der Waals surface area contributed by atoms with Crippen molar-refractivity contribution in [1.29, 1.82) is 0 Å². The van der Waals surface area contributed by atoms with Crippen molar-refractivity contribution in [2.24, 2.45) is 0 Å². The maximum Gasteiger partial charge on any atom is 0.351 e. The van der Waals surface area contributed by atoms with Crippen LogP contribution < -0.4 is 11.4 Å². The standard InChI is InChI=1S/C21H37N3O6/c1-13-11-24(19(25)23-17(13)22)18-16(27-10-9-26-8)15(30-21(5,6)7)14(29-18)12-28-20(2,3)4/h11,14-16,18H,9-10,12H2,1-8H3,(H2,22,23,25)/t14-,15?,16+,18-/m1/s1. The van der Waals surface area contributed by atoms with E-state index >= 15 is 0 Å². The summed E-state index contributed by atoms with van der Waals surface area (Å²) >= 11 is 0. The van der Waals surface area contributed by atoms with E-state index in [1.54, 1.807) is 20.2 Å². The van der Waals surface area contributed by atoms with E-state index in [4.69, 9.17) is 29.4 Å². The third kappa shape index (κ3) is 6.75. The molecule has 1 saturated heterocycles. The lowest BCUT2D eigenvalue weighted by molar-refractivity contribution is -0.145. The molecule has 9 nitrogen and oxygen atoms in total. The molecule has 1 unspecified atom stereocenters. The van der Waals surface area contributed by atoms with Crippen LogP contribution in [0.5, 0.6) is 0 Å². The van der Waals surface area contributed by atoms with Gasteiger partial charge in [-0.05, 0) is 48.5 Å². The average molecular weight is 428 g/mol. The monoisotopic (exact) mass is 427 g/mol. The van der Waals surface area contributed by atoms with Crippen LogP contribution in [0.1, 0.15) is 53.3 Å². The topological polar surface area (TPSA) is 107 Å². The Bertz CT molecular complexity index is 753. The molecule has 2 N–H and O–H groups in total. The number of aromatic nitrogens is 2. The lowest BCUT2D eigenvalue weighted by Crippen LogP contribution is -2.44. The van der Waals surface area contributed by atoms with Crippen LogP contribution in [0.3, 0.4) is 0 Å². The zero-order valence-electron chi connectivity index (χ0n) is 19.4. The first-order valence-corrected chi connectivity index (χ1v) is 10.3. The highest BCUT2D eigenvalue weighted by atomic mass is 16.6. The molecule has 0 radical (unpaired) electrons. The molecule has 172 valence electrons. The zero-order valence-corrected chi connectivity index (χ0v) is 19.4. The number of nitrogen functional groups attached to an aromatic ring is 1. The second-order valence-corrected chi connectivity index (χ2v) is 9.51. The number of ether oxygens (including phenoxy) is 5. The van der Waals surface area contributed by atoms with Gasteiger partial charge >= 0.3 is 5.69 Å². The smallest absolute Gasteiger partial charge is 0.351 e. The predicted molar refractivity (Wildman–Crippen MR) is 114 cm³/mol. The van der Waals surface area contributed by atoms with Crippen molar-refractivity contribution < 1.29 is 23.7 Å². The van der Waals surface area contributed by atoms with Crippen LogP contribution in [0.2, 0.25) is 0 Å². The molecule has 4 atom stereocenters. The van der Waals surface area contributed by atoms with Crippen LogP contribution in [0.4, 0.5) is 5.82 Å². The van der Waals surface area contributed by atoms with E-state index in [1.165, 1.54) is 4.57 Å². The number of anilines is 1. The molecule has 9 heteroatoms. The summed E-state index contributed by atoms with van der Waals surface area (Å²) in [6.45, 7) is 14.6. The Labute approximate surface area is 178 Å². The molecule has 1 aliphatic rings. The fraction of sp³-hybridized carbons (Fsp3) is 0.810. The van der Waals surface area contributed by atoms with Gasteiger partial charge in [-0.1, -0.05) is 0 Å². The zero-order chi connectivity index (χ0) is 22.7. The molecule has 0 bridgehead atoms. The first-order chi connectivity index (χ1) is 13.8. The Morgan fingerprint density at radius 2 is 1.80 bits per heavy atom. The molecular weight excluding hydrogens is 390 g/mol. The highest BCUT2D eigenvalue weighted by molar-refractivity contribution is 5.35. The first kappa shape index (κ1) is 24.7. The van der Waals surface area contributed by atoms with Crippen LogP contribution in [0.25, 0.3) is 0 Å². The summed E-state index contributed by atoms with van der Waals surface area (Å²) in [5.74, 6) is 0.196. The fourth-order valence-corrected chi connectivity index (χ4v) is 3.16. The van der Waals surface area contributed by atoms with Crippen molar-refractivity contribution in [2.45, 2.75) is 84.2 Å². The maximum absolute atomic E-state index is 12.6. The molecule has 1 aliphatic heterocycles. The molecule has 2 heterocycles. The minimum atomic E-state index is -0.734. The number of rotatable bonds is 8. The Hall–Kier alpha value is -1.52. The summed E-state index contributed by atoms with van der Waals surface area (Å²) < 4.78 is 31.3. The second kappa shape index (κ2) is 9.74. The van der Waals surface area contributed by atoms with E-state index in [9.17, 15) is 4.79 Å². The van der Waals surface area contributed by atoms with E-state index in [1.807, 2.05) is 41.5 Å². The maximum atomic E-state index is 12.6. The van der Waals surface area contributed by atoms with Gasteiger partial charge in [0.1, 0.15) is 24.1 Å². The lowest BCUT2D eigenvalue weighted by atomic mass is 10.1. The van der Waals surface area contributed by atoms with E-state index in [-0.39, 0.29) is 11.4 Å². The third-order valence-electron chi connectivity index (χ3n) is 4.50. The van der Waals surface area contributed by atoms with Crippen molar-refractivity contribution in [1.82, 2.24) is 9.55 Å². The van der Waals surface area contributed by atoms with Gasteiger partial charge in [0.2, 0.25) is 0 Å². The fourth-order valence-electron chi connectivity index (χ4n) is 3.16. The lowest BCUT2D eigenvalue weighted by Gasteiger charge is -2.32. The van der Waals surface area contributed by atoms with Gasteiger partial charge in [0.25, 0.3) is 0 Å². The molecule has 2 rings (SSSR count). The number of nitrogens with zero attached hydrogens (tertiary/aromatic N) is 2. The number of hydrogen-bond acceptors (Lipinski definition) is 8. The van der Waals surface area contributed by atoms with Gasteiger partial charge in [0.15, 0.2) is 6.23 Å². The first-order valence-electron chi connectivity index (χ1n) is 10.3. The molecule has 0 aliphatic carbocycles. The largest absolute Gasteiger partial charge is 0.383 e. The van der Waals surface area contributed by atoms with Crippen molar-refractivity contribution in [3.8, 4) is 0 Å². The predicted octanol–water partition coefficient (Wildman–Crippen LogP) is 2.06. The minimum Gasteiger partial charge on any atom is -0.383 e. The Kier molecular flexibility index (Phi) is 8.03. The third-order valence-corrected chi connectivity index (χ3v) is 4.50. The van der Waals surface area contributed by atoms with E-state index < -0.39 is 35.8 Å². The quantitative estimate of drug-likeness (QED) is 0.628. The van der Waals surface area contributed by atoms with Crippen LogP contribution in [-0.4, -0.2) is 66.0 Å². The van der Waals surface area contributed by atoms with Crippen LogP contribution in [-0.2, 0) is 23.7 Å². The molecule has 1 aromatic heterocycles. The summed E-state index contributed by atoms with van der Waals surface area (Å²) in [6.07, 6.45) is -0.550. The summed E-state index contributed by atoms with van der Waals surface area (Å²) in [6, 6.07) is 0. The number of nitrogens with two attached hydrogens (primary N) is 1. The Morgan fingerprint density at radius 3 is 2.37 bits per heavy atom. The van der Waals surface area contributed by atoms with Crippen LogP contribution >= 0.6 is 0 Å². The van der Waals surface area contributed by atoms with Gasteiger partial charge in [-0.15, -0.1) is 0 Å². The normalized spacial score (nSPS) is 25.1. The Morgan fingerprint density at radius 1 is 1.13 bits per heavy atom. The number of aryl methyl sites for hydroxylation is 1. The Balaban J connectivity index is 2.42. The molecule has 1 fully saturated rings. The molecule has 0 saturated carbocycles. The van der Waals surface area contributed by atoms with Gasteiger partial charge in [-0.3, -0.25) is 4.57 Å². The molecule has 0 aromatic carbocycles. The van der Waals surface area contributed by atoms with Gasteiger partial charge in [-0.2, -0.15) is 4.98 Å². The molecule has 1 aromatic rings. The van der Waals surface area contributed by atoms with Crippen molar-refractivity contribution >= 4 is 5.82 Å². The van der Waals surface area contributed by atoms with Gasteiger partial charge in [0.05, 0.1) is 31.0 Å². The van der Waals surface area contributed by atoms with E-state index in [0.29, 0.717) is 25.4 Å². The summed E-state index contributed by atoms with van der Waals surface area (Å²) in [5.41, 5.74) is 5.17. The van der Waals surface area contributed by atoms with Crippen LogP contribution in [0, 0.1) is 6.92 Å². The molecular formula is C21H37N3O6. The van der Waals surface area contributed by atoms with Crippen molar-refractivity contribution in [3.63, 3.8) is 0 Å². The number of hydrogen-bond donors (Lipinski definition) is 1. The summed E-state index contributed by atoms with van der Waals surface area (Å²) in [4.78, 5) is 16.5. The highest BCUT2D eigenvalue weighted by Crippen LogP contribution is 2.36. The van der Waals surface area contributed by atoms with E-state index in [2.05, 4.69) is 4.98 Å².